The summed E-state index contributed by atoms with van der Waals surface area (Å²) in [4.78, 5) is 0.115. The molecule has 0 fully saturated rings. The fourth-order valence-corrected chi connectivity index (χ4v) is 3.09. The van der Waals surface area contributed by atoms with E-state index in [1.807, 2.05) is 31.2 Å². The summed E-state index contributed by atoms with van der Waals surface area (Å²) in [5.41, 5.74) is 3.82. The minimum Gasteiger partial charge on any atom is -0.264 e. The third kappa shape index (κ3) is 2.83. The van der Waals surface area contributed by atoms with E-state index in [0.717, 1.165) is 17.5 Å². The van der Waals surface area contributed by atoms with Gasteiger partial charge in [-0.05, 0) is 37.5 Å². The Kier molecular flexibility index (Phi) is 3.51. The maximum atomic E-state index is 12.1. The minimum atomic E-state index is -3.85. The molecule has 0 bridgehead atoms. The van der Waals surface area contributed by atoms with Crippen molar-refractivity contribution in [1.29, 1.82) is 0 Å². The zero-order chi connectivity index (χ0) is 14.9. The Morgan fingerprint density at radius 1 is 1.00 bits per heavy atom. The lowest BCUT2D eigenvalue weighted by molar-refractivity contribution is 0.338. The molecule has 108 valence electrons. The van der Waals surface area contributed by atoms with Crippen molar-refractivity contribution in [2.24, 2.45) is 5.16 Å². The molecule has 0 N–H and O–H groups in total. The van der Waals surface area contributed by atoms with Gasteiger partial charge in [-0.2, -0.15) is 8.42 Å². The van der Waals surface area contributed by atoms with Gasteiger partial charge >= 0.3 is 10.1 Å². The van der Waals surface area contributed by atoms with Crippen LogP contribution in [0.4, 0.5) is 0 Å². The van der Waals surface area contributed by atoms with E-state index < -0.39 is 10.1 Å². The molecule has 0 aliphatic heterocycles. The van der Waals surface area contributed by atoms with Gasteiger partial charge in [0.15, 0.2) is 0 Å². The molecule has 0 spiro atoms. The molecule has 0 saturated carbocycles. The Balaban J connectivity index is 1.85. The topological polar surface area (TPSA) is 55.7 Å². The summed E-state index contributed by atoms with van der Waals surface area (Å²) in [6.45, 7) is 1.90. The summed E-state index contributed by atoms with van der Waals surface area (Å²) in [7, 11) is -3.85. The largest absolute Gasteiger partial charge is 0.358 e. The lowest BCUT2D eigenvalue weighted by Crippen LogP contribution is -2.05. The van der Waals surface area contributed by atoms with Crippen molar-refractivity contribution in [1.82, 2.24) is 0 Å². The molecule has 2 aromatic carbocycles. The highest BCUT2D eigenvalue weighted by molar-refractivity contribution is 7.86. The molecule has 4 nitrogen and oxygen atoms in total. The SMILES string of the molecule is Cc1ccc(S(=O)(=O)ON=C2CCc3ccccc32)cc1. The van der Waals surface area contributed by atoms with Crippen LogP contribution in [-0.4, -0.2) is 14.1 Å². The van der Waals surface area contributed by atoms with Gasteiger partial charge in [-0.25, -0.2) is 0 Å². The summed E-state index contributed by atoms with van der Waals surface area (Å²) in [6, 6.07) is 14.3. The van der Waals surface area contributed by atoms with Gasteiger partial charge in [0.25, 0.3) is 0 Å². The molecule has 0 radical (unpaired) electrons. The Hall–Kier alpha value is -2.14. The first-order chi connectivity index (χ1) is 10.1. The van der Waals surface area contributed by atoms with Crippen LogP contribution < -0.4 is 0 Å². The molecule has 0 atom stereocenters. The molecule has 5 heteroatoms. The first-order valence-corrected chi connectivity index (χ1v) is 8.12. The van der Waals surface area contributed by atoms with Gasteiger partial charge in [-0.3, -0.25) is 4.28 Å². The predicted octanol–water partition coefficient (Wildman–Crippen LogP) is 3.05. The van der Waals surface area contributed by atoms with Crippen LogP contribution >= 0.6 is 0 Å². The van der Waals surface area contributed by atoms with Crippen LogP contribution in [0.5, 0.6) is 0 Å². The number of nitrogens with zero attached hydrogens (tertiary/aromatic N) is 1. The van der Waals surface area contributed by atoms with E-state index in [9.17, 15) is 8.42 Å². The highest BCUT2D eigenvalue weighted by atomic mass is 32.2. The lowest BCUT2D eigenvalue weighted by atomic mass is 10.1. The van der Waals surface area contributed by atoms with E-state index in [1.165, 1.54) is 17.7 Å². The van der Waals surface area contributed by atoms with E-state index in [2.05, 4.69) is 5.16 Å². The predicted molar refractivity (Wildman–Crippen MR) is 80.7 cm³/mol. The van der Waals surface area contributed by atoms with Crippen LogP contribution in [0.3, 0.4) is 0 Å². The van der Waals surface area contributed by atoms with Crippen molar-refractivity contribution in [2.45, 2.75) is 24.7 Å². The Bertz CT molecular complexity index is 793. The number of aryl methyl sites for hydroxylation is 2. The summed E-state index contributed by atoms with van der Waals surface area (Å²) in [5.74, 6) is 0. The number of hydrogen-bond acceptors (Lipinski definition) is 4. The molecule has 0 unspecified atom stereocenters. The third-order valence-corrected chi connectivity index (χ3v) is 4.63. The smallest absolute Gasteiger partial charge is 0.264 e. The monoisotopic (exact) mass is 301 g/mol. The van der Waals surface area contributed by atoms with Crippen molar-refractivity contribution in [2.75, 3.05) is 0 Å². The van der Waals surface area contributed by atoms with Crippen molar-refractivity contribution in [3.8, 4) is 0 Å². The van der Waals surface area contributed by atoms with Gasteiger partial charge in [0.05, 0.1) is 5.71 Å². The highest BCUT2D eigenvalue weighted by Crippen LogP contribution is 2.23. The number of benzene rings is 2. The van der Waals surface area contributed by atoms with Crippen LogP contribution in [0.25, 0.3) is 0 Å². The van der Waals surface area contributed by atoms with Crippen molar-refractivity contribution in [3.05, 3.63) is 65.2 Å². The van der Waals surface area contributed by atoms with E-state index in [4.69, 9.17) is 4.28 Å². The normalized spacial score (nSPS) is 16.0. The van der Waals surface area contributed by atoms with Crippen LogP contribution in [0.15, 0.2) is 58.6 Å². The van der Waals surface area contributed by atoms with E-state index >= 15 is 0 Å². The first kappa shape index (κ1) is 13.8. The fourth-order valence-electron chi connectivity index (χ4n) is 2.34. The second-order valence-electron chi connectivity index (χ2n) is 5.04. The maximum absolute atomic E-state index is 12.1. The Morgan fingerprint density at radius 3 is 2.48 bits per heavy atom. The zero-order valence-electron chi connectivity index (χ0n) is 11.6. The minimum absolute atomic E-state index is 0.115. The lowest BCUT2D eigenvalue weighted by Gasteiger charge is -2.03. The zero-order valence-corrected chi connectivity index (χ0v) is 12.4. The molecule has 0 amide bonds. The molecular formula is C16H15NO3S. The van der Waals surface area contributed by atoms with E-state index in [0.29, 0.717) is 12.1 Å². The van der Waals surface area contributed by atoms with Crippen LogP contribution in [-0.2, 0) is 20.8 Å². The van der Waals surface area contributed by atoms with Gasteiger partial charge < -0.3 is 0 Å². The average Bonchev–Trinajstić information content (AvgIpc) is 2.89. The quantitative estimate of drug-likeness (QED) is 0.819. The molecule has 2 aromatic rings. The summed E-state index contributed by atoms with van der Waals surface area (Å²) >= 11 is 0. The first-order valence-electron chi connectivity index (χ1n) is 6.72. The fraction of sp³-hybridized carbons (Fsp3) is 0.188. The van der Waals surface area contributed by atoms with Crippen LogP contribution in [0.1, 0.15) is 23.1 Å². The molecule has 1 aliphatic rings. The number of rotatable bonds is 3. The van der Waals surface area contributed by atoms with Gasteiger partial charge in [0.2, 0.25) is 0 Å². The molecular weight excluding hydrogens is 286 g/mol. The molecule has 0 aromatic heterocycles. The van der Waals surface area contributed by atoms with Crippen molar-refractivity contribution < 1.29 is 12.7 Å². The average molecular weight is 301 g/mol. The second kappa shape index (κ2) is 5.33. The summed E-state index contributed by atoms with van der Waals surface area (Å²) in [5, 5.41) is 3.86. The van der Waals surface area contributed by atoms with Gasteiger partial charge in [0.1, 0.15) is 4.90 Å². The number of oxime groups is 1. The number of hydrogen-bond donors (Lipinski definition) is 0. The van der Waals surface area contributed by atoms with Gasteiger partial charge in [-0.1, -0.05) is 47.1 Å². The molecule has 0 heterocycles. The second-order valence-corrected chi connectivity index (χ2v) is 6.57. The molecule has 1 aliphatic carbocycles. The van der Waals surface area contributed by atoms with E-state index in [-0.39, 0.29) is 4.90 Å². The maximum Gasteiger partial charge on any atom is 0.358 e. The van der Waals surface area contributed by atoms with Gasteiger partial charge in [-0.15, -0.1) is 0 Å². The van der Waals surface area contributed by atoms with Crippen LogP contribution in [0.2, 0.25) is 0 Å². The van der Waals surface area contributed by atoms with Crippen LogP contribution in [0, 0.1) is 6.92 Å². The number of fused-ring (bicyclic) bond motifs is 1. The Labute approximate surface area is 124 Å². The van der Waals surface area contributed by atoms with Crippen molar-refractivity contribution in [3.63, 3.8) is 0 Å². The molecule has 3 rings (SSSR count). The molecule has 0 saturated heterocycles. The highest BCUT2D eigenvalue weighted by Gasteiger charge is 2.20. The van der Waals surface area contributed by atoms with Crippen molar-refractivity contribution >= 4 is 15.8 Å². The molecule has 21 heavy (non-hydrogen) atoms. The summed E-state index contributed by atoms with van der Waals surface area (Å²) < 4.78 is 29.0. The van der Waals surface area contributed by atoms with E-state index in [1.54, 1.807) is 12.1 Å². The van der Waals surface area contributed by atoms with Gasteiger partial charge in [0, 0.05) is 5.56 Å². The third-order valence-electron chi connectivity index (χ3n) is 3.51. The Morgan fingerprint density at radius 2 is 1.71 bits per heavy atom. The standard InChI is InChI=1S/C16H15NO3S/c1-12-6-9-14(10-7-12)21(18,19)20-17-16-11-8-13-4-2-3-5-15(13)16/h2-7,9-10H,8,11H2,1H3. The summed E-state index contributed by atoms with van der Waals surface area (Å²) in [6.07, 6.45) is 1.56.